The molecule has 1 aromatic rings. The first-order valence-corrected chi connectivity index (χ1v) is 8.51. The van der Waals surface area contributed by atoms with E-state index < -0.39 is 21.9 Å². The number of aromatic nitrogens is 1. The number of nitrogens with one attached hydrogen (secondary N) is 1. The SMILES string of the molecule is CC1=C(C(=O)OCCCCO[N+](=O)[O-])C(c2ccccn2)C([N+](=O)[O-])=C(C)N1. The maximum Gasteiger partial charge on any atom is 0.337 e. The molecular formula is C17H20N4O7. The van der Waals surface area contributed by atoms with Gasteiger partial charge in [0.1, 0.15) is 5.92 Å². The molecule has 0 fully saturated rings. The van der Waals surface area contributed by atoms with E-state index in [0.29, 0.717) is 29.9 Å². The van der Waals surface area contributed by atoms with Gasteiger partial charge in [0, 0.05) is 11.9 Å². The average Bonchev–Trinajstić information content (AvgIpc) is 2.63. The lowest BCUT2D eigenvalue weighted by Crippen LogP contribution is -2.32. The van der Waals surface area contributed by atoms with Gasteiger partial charge in [0.15, 0.2) is 0 Å². The van der Waals surface area contributed by atoms with Crippen molar-refractivity contribution in [2.24, 2.45) is 0 Å². The highest BCUT2D eigenvalue weighted by molar-refractivity contribution is 5.92. The van der Waals surface area contributed by atoms with Gasteiger partial charge in [-0.3, -0.25) is 15.1 Å². The lowest BCUT2D eigenvalue weighted by Gasteiger charge is -2.25. The van der Waals surface area contributed by atoms with Crippen molar-refractivity contribution >= 4 is 5.97 Å². The van der Waals surface area contributed by atoms with Crippen LogP contribution in [0.5, 0.6) is 0 Å². The second-order valence-electron chi connectivity index (χ2n) is 6.02. The van der Waals surface area contributed by atoms with Crippen LogP contribution in [0.2, 0.25) is 0 Å². The lowest BCUT2D eigenvalue weighted by atomic mass is 9.87. The van der Waals surface area contributed by atoms with Crippen molar-refractivity contribution in [1.82, 2.24) is 10.3 Å². The third-order valence-electron chi connectivity index (χ3n) is 4.09. The van der Waals surface area contributed by atoms with Gasteiger partial charge in [-0.25, -0.2) is 4.79 Å². The molecule has 1 atom stereocenters. The number of allylic oxidation sites excluding steroid dienone is 3. The molecule has 0 radical (unpaired) electrons. The summed E-state index contributed by atoms with van der Waals surface area (Å²) in [5.41, 5.74) is 1.07. The summed E-state index contributed by atoms with van der Waals surface area (Å²) in [7, 11) is 0. The first-order chi connectivity index (χ1) is 13.3. The van der Waals surface area contributed by atoms with E-state index in [-0.39, 0.29) is 24.5 Å². The molecule has 11 heteroatoms. The van der Waals surface area contributed by atoms with Crippen LogP contribution < -0.4 is 5.32 Å². The number of dihydropyridines is 1. The quantitative estimate of drug-likeness (QED) is 0.289. The van der Waals surface area contributed by atoms with Crippen LogP contribution in [-0.4, -0.2) is 34.2 Å². The molecule has 150 valence electrons. The van der Waals surface area contributed by atoms with Crippen LogP contribution >= 0.6 is 0 Å². The summed E-state index contributed by atoms with van der Waals surface area (Å²) in [4.78, 5) is 42.2. The Balaban J connectivity index is 2.18. The molecule has 0 aliphatic carbocycles. The van der Waals surface area contributed by atoms with Crippen LogP contribution in [0.3, 0.4) is 0 Å². The molecule has 1 aliphatic rings. The number of unbranched alkanes of at least 4 members (excludes halogenated alkanes) is 1. The minimum Gasteiger partial charge on any atom is -0.462 e. The number of rotatable bonds is 9. The number of hydrogen-bond acceptors (Lipinski definition) is 9. The summed E-state index contributed by atoms with van der Waals surface area (Å²) in [5.74, 6) is -1.68. The van der Waals surface area contributed by atoms with Gasteiger partial charge in [-0.05, 0) is 38.8 Å². The molecule has 0 aromatic carbocycles. The van der Waals surface area contributed by atoms with Gasteiger partial charge in [-0.15, -0.1) is 10.1 Å². The third kappa shape index (κ3) is 5.02. The summed E-state index contributed by atoms with van der Waals surface area (Å²) in [6.07, 6.45) is 2.18. The van der Waals surface area contributed by atoms with E-state index in [2.05, 4.69) is 15.1 Å². The smallest absolute Gasteiger partial charge is 0.337 e. The predicted molar refractivity (Wildman–Crippen MR) is 95.6 cm³/mol. The van der Waals surface area contributed by atoms with Gasteiger partial charge in [-0.2, -0.15) is 0 Å². The van der Waals surface area contributed by atoms with E-state index in [4.69, 9.17) is 4.74 Å². The third-order valence-corrected chi connectivity index (χ3v) is 4.09. The average molecular weight is 392 g/mol. The van der Waals surface area contributed by atoms with E-state index >= 15 is 0 Å². The molecule has 0 saturated carbocycles. The highest BCUT2D eigenvalue weighted by atomic mass is 16.9. The number of nitro groups is 1. The van der Waals surface area contributed by atoms with Crippen molar-refractivity contribution in [3.63, 3.8) is 0 Å². The van der Waals surface area contributed by atoms with Crippen molar-refractivity contribution in [1.29, 1.82) is 0 Å². The van der Waals surface area contributed by atoms with Crippen LogP contribution in [-0.2, 0) is 14.4 Å². The summed E-state index contributed by atoms with van der Waals surface area (Å²) in [5, 5.41) is 23.7. The molecule has 1 aliphatic heterocycles. The number of carbonyl (C=O) groups excluding carboxylic acids is 1. The molecule has 0 amide bonds. The maximum absolute atomic E-state index is 12.7. The molecule has 0 spiro atoms. The van der Waals surface area contributed by atoms with E-state index in [9.17, 15) is 25.0 Å². The summed E-state index contributed by atoms with van der Waals surface area (Å²) >= 11 is 0. The van der Waals surface area contributed by atoms with Gasteiger partial charge in [-0.1, -0.05) is 6.07 Å². The summed E-state index contributed by atoms with van der Waals surface area (Å²) in [6.45, 7) is 3.10. The first kappa shape index (κ1) is 20.8. The monoisotopic (exact) mass is 392 g/mol. The van der Waals surface area contributed by atoms with Gasteiger partial charge in [0.05, 0.1) is 35.1 Å². The normalized spacial score (nSPS) is 16.4. The fraction of sp³-hybridized carbons (Fsp3) is 0.412. The fourth-order valence-electron chi connectivity index (χ4n) is 2.92. The Kier molecular flexibility index (Phi) is 7.02. The zero-order valence-corrected chi connectivity index (χ0v) is 15.4. The first-order valence-electron chi connectivity index (χ1n) is 8.51. The van der Waals surface area contributed by atoms with E-state index in [1.54, 1.807) is 32.0 Å². The zero-order chi connectivity index (χ0) is 20.7. The number of esters is 1. The summed E-state index contributed by atoms with van der Waals surface area (Å²) in [6, 6.07) is 4.97. The Morgan fingerprint density at radius 1 is 1.18 bits per heavy atom. The zero-order valence-electron chi connectivity index (χ0n) is 15.4. The van der Waals surface area contributed by atoms with Gasteiger partial charge < -0.3 is 14.9 Å². The van der Waals surface area contributed by atoms with Gasteiger partial charge in [0.2, 0.25) is 0 Å². The van der Waals surface area contributed by atoms with Crippen molar-refractivity contribution < 1.29 is 24.4 Å². The van der Waals surface area contributed by atoms with Gasteiger partial charge in [0.25, 0.3) is 10.8 Å². The van der Waals surface area contributed by atoms with Crippen molar-refractivity contribution in [3.8, 4) is 0 Å². The molecule has 1 aromatic heterocycles. The minimum atomic E-state index is -0.970. The molecule has 11 nitrogen and oxygen atoms in total. The second kappa shape index (κ2) is 9.44. The van der Waals surface area contributed by atoms with E-state index in [1.807, 2.05) is 0 Å². The van der Waals surface area contributed by atoms with Crippen LogP contribution in [0.25, 0.3) is 0 Å². The molecular weight excluding hydrogens is 372 g/mol. The van der Waals surface area contributed by atoms with Crippen LogP contribution in [0, 0.1) is 20.2 Å². The fourth-order valence-corrected chi connectivity index (χ4v) is 2.92. The standard InChI is InChI=1S/C17H20N4O7/c1-11-14(17(22)27-9-5-6-10-28-21(25)26)15(13-7-3-4-8-18-13)16(20(23)24)12(2)19-11/h3-4,7-8,15,19H,5-6,9-10H2,1-2H3. The summed E-state index contributed by atoms with van der Waals surface area (Å²) < 4.78 is 5.24. The topological polar surface area (TPSA) is 147 Å². The molecule has 0 saturated heterocycles. The maximum atomic E-state index is 12.7. The molecule has 1 unspecified atom stereocenters. The molecule has 2 rings (SSSR count). The molecule has 0 bridgehead atoms. The van der Waals surface area contributed by atoms with Crippen LogP contribution in [0.15, 0.2) is 47.1 Å². The second-order valence-corrected chi connectivity index (χ2v) is 6.02. The van der Waals surface area contributed by atoms with E-state index in [1.165, 1.54) is 6.20 Å². The van der Waals surface area contributed by atoms with Crippen molar-refractivity contribution in [2.75, 3.05) is 13.2 Å². The number of nitrogens with zero attached hydrogens (tertiary/aromatic N) is 3. The number of ether oxygens (including phenoxy) is 1. The highest BCUT2D eigenvalue weighted by Gasteiger charge is 2.41. The number of carbonyl (C=O) groups is 1. The minimum absolute atomic E-state index is 0.00210. The number of pyridine rings is 1. The highest BCUT2D eigenvalue weighted by Crippen LogP contribution is 2.37. The molecule has 28 heavy (non-hydrogen) atoms. The molecule has 2 heterocycles. The Morgan fingerprint density at radius 2 is 1.89 bits per heavy atom. The van der Waals surface area contributed by atoms with E-state index in [0.717, 1.165) is 0 Å². The van der Waals surface area contributed by atoms with Crippen LogP contribution in [0.4, 0.5) is 0 Å². The lowest BCUT2D eigenvalue weighted by molar-refractivity contribution is -0.757. The van der Waals surface area contributed by atoms with Crippen molar-refractivity contribution in [3.05, 3.63) is 73.0 Å². The Hall–Kier alpha value is -3.50. The Labute approximate surface area is 160 Å². The largest absolute Gasteiger partial charge is 0.462 e. The number of hydrogen-bond donors (Lipinski definition) is 1. The Morgan fingerprint density at radius 3 is 2.50 bits per heavy atom. The van der Waals surface area contributed by atoms with Gasteiger partial charge >= 0.3 is 5.97 Å². The molecule has 1 N–H and O–H groups in total. The van der Waals surface area contributed by atoms with Crippen molar-refractivity contribution in [2.45, 2.75) is 32.6 Å². The predicted octanol–water partition coefficient (Wildman–Crippen LogP) is 2.08. The Bertz CT molecular complexity index is 820. The van der Waals surface area contributed by atoms with Crippen LogP contribution in [0.1, 0.15) is 38.3 Å².